The molecule has 5 rings (SSSR count). The SMILES string of the molecule is CCOc1ccc(C=NNC(=O)CSc2nc3sc4c(c3c(=O)n2-c2ccc(Cl)cc2)CCC4)cc1. The van der Waals surface area contributed by atoms with Gasteiger partial charge in [-0.25, -0.2) is 10.4 Å². The van der Waals surface area contributed by atoms with Gasteiger partial charge in [-0.05, 0) is 85.8 Å². The Hall–Kier alpha value is -3.14. The molecule has 2 aromatic heterocycles. The quantitative estimate of drug-likeness (QED) is 0.144. The first-order valence-corrected chi connectivity index (χ1v) is 13.7. The average molecular weight is 539 g/mol. The van der Waals surface area contributed by atoms with E-state index in [4.69, 9.17) is 21.3 Å². The molecule has 2 heterocycles. The molecule has 0 aliphatic heterocycles. The lowest BCUT2D eigenvalue weighted by Crippen LogP contribution is -2.24. The number of amides is 1. The van der Waals surface area contributed by atoms with Crippen molar-refractivity contribution >= 4 is 57.0 Å². The number of aryl methyl sites for hydroxylation is 2. The van der Waals surface area contributed by atoms with Crippen LogP contribution in [-0.4, -0.2) is 34.0 Å². The van der Waals surface area contributed by atoms with Crippen molar-refractivity contribution < 1.29 is 9.53 Å². The fourth-order valence-electron chi connectivity index (χ4n) is 4.10. The number of hydrogen-bond acceptors (Lipinski definition) is 7. The highest BCUT2D eigenvalue weighted by Crippen LogP contribution is 2.36. The second-order valence-electron chi connectivity index (χ2n) is 8.13. The maximum absolute atomic E-state index is 13.6. The molecule has 0 radical (unpaired) electrons. The maximum atomic E-state index is 13.6. The number of ether oxygens (including phenoxy) is 1. The monoisotopic (exact) mass is 538 g/mol. The van der Waals surface area contributed by atoms with Gasteiger partial charge in [0, 0.05) is 9.90 Å². The molecule has 0 saturated heterocycles. The normalized spacial score (nSPS) is 12.8. The van der Waals surface area contributed by atoms with E-state index in [2.05, 4.69) is 10.5 Å². The molecule has 7 nitrogen and oxygen atoms in total. The van der Waals surface area contributed by atoms with Gasteiger partial charge in [-0.2, -0.15) is 5.10 Å². The third-order valence-corrected chi connectivity index (χ3v) is 8.10. The molecule has 1 aliphatic rings. The number of nitrogens with zero attached hydrogens (tertiary/aromatic N) is 3. The predicted molar refractivity (Wildman–Crippen MR) is 146 cm³/mol. The Bertz CT molecular complexity index is 1500. The van der Waals surface area contributed by atoms with Crippen molar-refractivity contribution in [3.05, 3.63) is 79.9 Å². The highest BCUT2D eigenvalue weighted by molar-refractivity contribution is 7.99. The maximum Gasteiger partial charge on any atom is 0.267 e. The average Bonchev–Trinajstić information content (AvgIpc) is 3.46. The van der Waals surface area contributed by atoms with Gasteiger partial charge in [-0.15, -0.1) is 11.3 Å². The number of fused-ring (bicyclic) bond motifs is 3. The van der Waals surface area contributed by atoms with E-state index in [1.165, 1.54) is 16.6 Å². The van der Waals surface area contributed by atoms with Gasteiger partial charge in [0.15, 0.2) is 5.16 Å². The summed E-state index contributed by atoms with van der Waals surface area (Å²) in [5, 5.41) is 5.77. The van der Waals surface area contributed by atoms with Crippen LogP contribution in [0.2, 0.25) is 5.02 Å². The van der Waals surface area contributed by atoms with Crippen molar-refractivity contribution in [2.24, 2.45) is 5.10 Å². The van der Waals surface area contributed by atoms with Crippen LogP contribution < -0.4 is 15.7 Å². The highest BCUT2D eigenvalue weighted by atomic mass is 35.5. The zero-order valence-corrected chi connectivity index (χ0v) is 21.9. The zero-order chi connectivity index (χ0) is 25.1. The lowest BCUT2D eigenvalue weighted by Gasteiger charge is -2.12. The standard InChI is InChI=1S/C26H23ClN4O3S2/c1-2-34-19-12-6-16(7-13-19)14-28-30-22(32)15-35-26-29-24-23(20-4-3-5-21(20)36-24)25(33)31(26)18-10-8-17(27)9-11-18/h6-14H,2-5,15H2,1H3,(H,30,32). The van der Waals surface area contributed by atoms with Crippen LogP contribution in [0, 0.1) is 0 Å². The number of hydrogen-bond donors (Lipinski definition) is 1. The van der Waals surface area contributed by atoms with Gasteiger partial charge in [0.1, 0.15) is 10.6 Å². The van der Waals surface area contributed by atoms with Gasteiger partial charge in [-0.1, -0.05) is 23.4 Å². The number of benzene rings is 2. The topological polar surface area (TPSA) is 85.6 Å². The molecule has 0 saturated carbocycles. The minimum absolute atomic E-state index is 0.0528. The van der Waals surface area contributed by atoms with Crippen molar-refractivity contribution in [2.75, 3.05) is 12.4 Å². The number of thioether (sulfide) groups is 1. The third kappa shape index (κ3) is 5.18. The molecule has 1 aliphatic carbocycles. The molecule has 0 unspecified atom stereocenters. The molecule has 2 aromatic carbocycles. The molecule has 0 fully saturated rings. The van der Waals surface area contributed by atoms with Crippen LogP contribution in [0.25, 0.3) is 15.9 Å². The summed E-state index contributed by atoms with van der Waals surface area (Å²) >= 11 is 8.85. The number of hydrazone groups is 1. The molecular formula is C26H23ClN4O3S2. The van der Waals surface area contributed by atoms with E-state index in [-0.39, 0.29) is 17.2 Å². The third-order valence-electron chi connectivity index (χ3n) is 5.72. The fourth-order valence-corrected chi connectivity index (χ4v) is 6.33. The lowest BCUT2D eigenvalue weighted by molar-refractivity contribution is -0.118. The van der Waals surface area contributed by atoms with Crippen LogP contribution in [0.5, 0.6) is 5.75 Å². The highest BCUT2D eigenvalue weighted by Gasteiger charge is 2.24. The molecule has 10 heteroatoms. The molecule has 1 N–H and O–H groups in total. The van der Waals surface area contributed by atoms with Crippen molar-refractivity contribution in [3.8, 4) is 11.4 Å². The summed E-state index contributed by atoms with van der Waals surface area (Å²) in [6.07, 6.45) is 4.51. The molecule has 0 atom stereocenters. The van der Waals surface area contributed by atoms with Crippen LogP contribution in [0.4, 0.5) is 0 Å². The van der Waals surface area contributed by atoms with E-state index in [0.29, 0.717) is 27.9 Å². The molecule has 36 heavy (non-hydrogen) atoms. The van der Waals surface area contributed by atoms with Crippen molar-refractivity contribution in [2.45, 2.75) is 31.3 Å². The second kappa shape index (κ2) is 10.9. The van der Waals surface area contributed by atoms with Crippen molar-refractivity contribution in [1.82, 2.24) is 15.0 Å². The predicted octanol–water partition coefficient (Wildman–Crippen LogP) is 5.23. The zero-order valence-electron chi connectivity index (χ0n) is 19.5. The van der Waals surface area contributed by atoms with Crippen molar-refractivity contribution in [3.63, 3.8) is 0 Å². The Balaban J connectivity index is 1.35. The number of thiophene rings is 1. The van der Waals surface area contributed by atoms with Gasteiger partial charge >= 0.3 is 0 Å². The van der Waals surface area contributed by atoms with E-state index in [9.17, 15) is 9.59 Å². The van der Waals surface area contributed by atoms with Crippen LogP contribution in [0.15, 0.2) is 63.6 Å². The summed E-state index contributed by atoms with van der Waals surface area (Å²) < 4.78 is 7.00. The Morgan fingerprint density at radius 2 is 2.00 bits per heavy atom. The van der Waals surface area contributed by atoms with E-state index < -0.39 is 0 Å². The van der Waals surface area contributed by atoms with E-state index >= 15 is 0 Å². The largest absolute Gasteiger partial charge is 0.494 e. The van der Waals surface area contributed by atoms with Gasteiger partial charge in [-0.3, -0.25) is 14.2 Å². The van der Waals surface area contributed by atoms with E-state index in [0.717, 1.165) is 41.0 Å². The second-order valence-corrected chi connectivity index (χ2v) is 10.6. The minimum Gasteiger partial charge on any atom is -0.494 e. The Morgan fingerprint density at radius 1 is 1.22 bits per heavy atom. The van der Waals surface area contributed by atoms with E-state index in [1.807, 2.05) is 31.2 Å². The first kappa shape index (κ1) is 24.5. The Labute approximate surface area is 221 Å². The van der Waals surface area contributed by atoms with Gasteiger partial charge in [0.2, 0.25) is 0 Å². The molecule has 1 amide bonds. The van der Waals surface area contributed by atoms with Gasteiger partial charge in [0.05, 0.1) is 29.6 Å². The lowest BCUT2D eigenvalue weighted by atomic mass is 10.2. The van der Waals surface area contributed by atoms with Crippen molar-refractivity contribution in [1.29, 1.82) is 0 Å². The smallest absolute Gasteiger partial charge is 0.267 e. The first-order chi connectivity index (χ1) is 17.5. The summed E-state index contributed by atoms with van der Waals surface area (Å²) in [7, 11) is 0. The van der Waals surface area contributed by atoms with Gasteiger partial charge in [0.25, 0.3) is 11.5 Å². The molecule has 4 aromatic rings. The van der Waals surface area contributed by atoms with Crippen LogP contribution >= 0.6 is 34.7 Å². The molecule has 0 spiro atoms. The molecule has 184 valence electrons. The molecular weight excluding hydrogens is 516 g/mol. The number of halogens is 1. The van der Waals surface area contributed by atoms with E-state index in [1.54, 1.807) is 46.4 Å². The summed E-state index contributed by atoms with van der Waals surface area (Å²) in [5.74, 6) is 0.534. The van der Waals surface area contributed by atoms with Crippen LogP contribution in [-0.2, 0) is 17.6 Å². The first-order valence-electron chi connectivity index (χ1n) is 11.5. The minimum atomic E-state index is -0.298. The number of carbonyl (C=O) groups excluding carboxylic acids is 1. The number of aromatic nitrogens is 2. The summed E-state index contributed by atoms with van der Waals surface area (Å²) in [5.41, 5.74) is 5.04. The van der Waals surface area contributed by atoms with Gasteiger partial charge < -0.3 is 4.74 Å². The Kier molecular flexibility index (Phi) is 7.41. The number of nitrogens with one attached hydrogen (secondary N) is 1. The number of rotatable bonds is 8. The Morgan fingerprint density at radius 3 is 2.75 bits per heavy atom. The molecule has 0 bridgehead atoms. The summed E-state index contributed by atoms with van der Waals surface area (Å²) in [6, 6.07) is 14.5. The van der Waals surface area contributed by atoms with Crippen LogP contribution in [0.3, 0.4) is 0 Å². The summed E-state index contributed by atoms with van der Waals surface area (Å²) in [6.45, 7) is 2.53. The fraction of sp³-hybridized carbons (Fsp3) is 0.231. The van der Waals surface area contributed by atoms with Crippen LogP contribution in [0.1, 0.15) is 29.3 Å². The summed E-state index contributed by atoms with van der Waals surface area (Å²) in [4.78, 5) is 32.9. The number of carbonyl (C=O) groups is 1.